The third kappa shape index (κ3) is 15.4. The van der Waals surface area contributed by atoms with E-state index in [2.05, 4.69) is 463 Å². The monoisotopic (exact) mass is 1790 g/mol. The summed E-state index contributed by atoms with van der Waals surface area (Å²) in [4.78, 5) is 5.27. The Morgan fingerprint density at radius 3 is 0.860 bits per heavy atom. The Morgan fingerprint density at radius 1 is 0.221 bits per heavy atom. The van der Waals surface area contributed by atoms with Gasteiger partial charge in [0.05, 0.1) is 61.1 Å². The largest absolute Gasteiger partial charge is 0.310 e. The summed E-state index contributed by atoms with van der Waals surface area (Å²) < 4.78 is 85.4. The molecule has 5 nitrogen and oxygen atoms in total. The molecule has 0 radical (unpaired) electrons. The molecule has 686 valence electrons. The van der Waals surface area contributed by atoms with E-state index >= 15 is 0 Å². The van der Waals surface area contributed by atoms with Gasteiger partial charge in [-0.1, -0.05) is 402 Å². The summed E-state index contributed by atoms with van der Waals surface area (Å²) in [6, 6.07) is 90.5. The van der Waals surface area contributed by atoms with Crippen LogP contribution in [0.4, 0.5) is 34.1 Å². The second-order valence-electron chi connectivity index (χ2n) is 49.5. The highest BCUT2D eigenvalue weighted by Crippen LogP contribution is 2.58. The number of fused-ring (bicyclic) bond motifs is 13. The molecule has 136 heavy (non-hydrogen) atoms. The number of hydrogen-bond donors (Lipinski definition) is 0. The lowest BCUT2D eigenvalue weighted by Crippen LogP contribution is -2.61. The quantitative estimate of drug-likeness (QED) is 0.134. The average Bonchev–Trinajstić information content (AvgIpc) is 1.02. The first-order valence-corrected chi connectivity index (χ1v) is 49.2. The second-order valence-corrected chi connectivity index (χ2v) is 49.5. The normalized spacial score (nSPS) is 14.6. The number of para-hydroxylation sites is 4. The molecule has 0 atom stereocenters. The van der Waals surface area contributed by atoms with Crippen LogP contribution in [0.5, 0.6) is 0 Å². The Morgan fingerprint density at radius 2 is 0.515 bits per heavy atom. The molecule has 0 fully saturated rings. The first-order chi connectivity index (χ1) is 67.1. The van der Waals surface area contributed by atoms with Crippen molar-refractivity contribution in [3.05, 3.63) is 347 Å². The maximum absolute atomic E-state index is 10.3. The van der Waals surface area contributed by atoms with E-state index in [0.717, 1.165) is 134 Å². The zero-order valence-corrected chi connectivity index (χ0v) is 85.9. The summed E-state index contributed by atoms with van der Waals surface area (Å²) >= 11 is 0. The number of nitrogens with zero attached hydrogens (tertiary/aromatic N) is 5. The van der Waals surface area contributed by atoms with Crippen molar-refractivity contribution in [3.8, 4) is 61.6 Å². The van der Waals surface area contributed by atoms with E-state index in [-0.39, 0.29) is 88.0 Å². The van der Waals surface area contributed by atoms with Crippen LogP contribution in [-0.2, 0) is 54.1 Å². The molecule has 20 rings (SSSR count). The molecule has 2 aliphatic heterocycles. The molecule has 0 N–H and O–H groups in total. The molecule has 6 heteroatoms. The van der Waals surface area contributed by atoms with E-state index in [1.165, 1.54) is 72.0 Å². The van der Waals surface area contributed by atoms with E-state index in [1.54, 1.807) is 4.57 Å². The highest BCUT2D eigenvalue weighted by Gasteiger charge is 2.48. The van der Waals surface area contributed by atoms with Crippen LogP contribution < -0.4 is 26.2 Å². The second kappa shape index (κ2) is 31.5. The fraction of sp³-hybridized carbons (Fsp3) is 0.308. The number of aromatic nitrogens is 3. The molecule has 15 aromatic carbocycles. The van der Waals surface area contributed by atoms with Gasteiger partial charge in [-0.3, -0.25) is 0 Å². The molecule has 3 aromatic heterocycles. The Kier molecular flexibility index (Phi) is 18.9. The maximum Gasteiger partial charge on any atom is 0.252 e. The summed E-state index contributed by atoms with van der Waals surface area (Å²) in [5.41, 5.74) is 32.6. The molecule has 0 saturated carbocycles. The summed E-state index contributed by atoms with van der Waals surface area (Å²) in [5, 5.41) is 4.60. The molecule has 0 amide bonds. The van der Waals surface area contributed by atoms with Gasteiger partial charge in [-0.2, -0.15) is 0 Å². The van der Waals surface area contributed by atoms with Crippen molar-refractivity contribution in [2.24, 2.45) is 0 Å². The number of hydrogen-bond acceptors (Lipinski definition) is 2. The highest BCUT2D eigenvalue weighted by molar-refractivity contribution is 7.00. The van der Waals surface area contributed by atoms with E-state index in [4.69, 9.17) is 0 Å². The predicted octanol–water partition coefficient (Wildman–Crippen LogP) is 34.7. The van der Waals surface area contributed by atoms with Crippen LogP contribution in [0, 0.1) is 0 Å². The molecule has 0 bridgehead atoms. The van der Waals surface area contributed by atoms with E-state index in [9.17, 15) is 11.0 Å². The van der Waals surface area contributed by atoms with Crippen molar-refractivity contribution in [2.75, 3.05) is 9.80 Å². The van der Waals surface area contributed by atoms with E-state index in [1.807, 2.05) is 6.07 Å². The van der Waals surface area contributed by atoms with Gasteiger partial charge in [0.25, 0.3) is 6.71 Å². The van der Waals surface area contributed by atoms with Gasteiger partial charge in [-0.15, -0.1) is 0 Å². The van der Waals surface area contributed by atoms with E-state index in [0.29, 0.717) is 5.69 Å². The van der Waals surface area contributed by atoms with Crippen molar-refractivity contribution >= 4 is 123 Å². The number of rotatable bonds is 9. The maximum atomic E-state index is 10.3. The minimum Gasteiger partial charge on any atom is -0.310 e. The standard InChI is InChI=1S/C130H138BN5/c1-121(2,3)82-52-48-79(49-53-82)93-40-35-42-95(81-68-88(127(19,20)21)70-89(69-81)128(22,23)24)119(93)135-113-75-90(132-107-46-33-31-38-96(107)97-39-32-34-47-108(97)132)60-62-105(113)131-106-63-61-91(133-109-64-56-84(123(7,8)9)71-99(109)100-72-85(124(10,11)12)57-65-110(100)133)76-114(106)136(116-78-92(77-115(135)118(116)131)134-111-66-58-86(125(13,14)15)73-101(111)102-74-87(126(16,17)18)59-67-112(102)134)120-94(80-50-54-83(55-51-80)122(4,5)6)41-36-43-98(120)117-103(129(25,26)27)44-37-45-104(117)130(28,29)30/h31-78H,1-30H3/i31D,32D,33D,34D,38D,39D,46D,47D. The minimum atomic E-state index is -0.631. The van der Waals surface area contributed by atoms with Crippen LogP contribution in [0.2, 0.25) is 0 Å². The Bertz CT molecular complexity index is 8150. The smallest absolute Gasteiger partial charge is 0.252 e. The molecule has 0 spiro atoms. The van der Waals surface area contributed by atoms with Crippen LogP contribution in [0.25, 0.3) is 127 Å². The molecule has 0 aliphatic carbocycles. The molecule has 5 heterocycles. The van der Waals surface area contributed by atoms with E-state index < -0.39 is 43.0 Å². The summed E-state index contributed by atoms with van der Waals surface area (Å²) in [6.45, 7) is 68.8. The van der Waals surface area contributed by atoms with Crippen molar-refractivity contribution in [1.82, 2.24) is 13.7 Å². The molecular formula is C130H138BN5. The Hall–Kier alpha value is -12.6. The highest BCUT2D eigenvalue weighted by atomic mass is 15.2. The lowest BCUT2D eigenvalue weighted by Gasteiger charge is -2.46. The lowest BCUT2D eigenvalue weighted by molar-refractivity contribution is 0.569. The molecular weight excluding hydrogens is 1640 g/mol. The van der Waals surface area contributed by atoms with Gasteiger partial charge in [0.2, 0.25) is 0 Å². The first kappa shape index (κ1) is 81.7. The van der Waals surface area contributed by atoms with Crippen molar-refractivity contribution in [3.63, 3.8) is 0 Å². The van der Waals surface area contributed by atoms with Gasteiger partial charge in [0.15, 0.2) is 0 Å². The fourth-order valence-electron chi connectivity index (χ4n) is 21.5. The SMILES string of the molecule is [2H]c1c([2H])c([2H])c2c(c1[2H])c1c([2H])c([2H])c([2H])c([2H])c1n2-c1ccc2c(c1)N(c1c(-c3ccc(C(C)(C)C)cc3)cccc1-c1cc(C(C)(C)C)cc(C(C)(C)C)c1)c1cc(-n3c4ccc(C(C)(C)C)cc4c4cc(C(C)(C)C)ccc43)cc3c1B2c1ccc(-n2c4ccc(C(C)(C)C)cc4c4cc(C(C)(C)C)ccc42)cc1N3c1c(-c2ccc(C(C)(C)C)cc2)cccc1-c1c(C(C)(C)C)cccc1C(C)(C)C. The van der Waals surface area contributed by atoms with Gasteiger partial charge in [-0.05, 0) is 245 Å². The Labute approximate surface area is 822 Å². The fourth-order valence-corrected chi connectivity index (χ4v) is 21.5. The molecule has 0 saturated heterocycles. The van der Waals surface area contributed by atoms with Crippen molar-refractivity contribution in [2.45, 2.75) is 262 Å². The van der Waals surface area contributed by atoms with Gasteiger partial charge in [0.1, 0.15) is 0 Å². The van der Waals surface area contributed by atoms with Crippen LogP contribution in [0.1, 0.15) is 274 Å². The average molecular weight is 1790 g/mol. The number of anilines is 6. The Balaban J connectivity index is 1.06. The molecule has 0 unspecified atom stereocenters. The van der Waals surface area contributed by atoms with Gasteiger partial charge in [-0.25, -0.2) is 0 Å². The van der Waals surface area contributed by atoms with Crippen molar-refractivity contribution in [1.29, 1.82) is 0 Å². The lowest BCUT2D eigenvalue weighted by atomic mass is 9.33. The summed E-state index contributed by atoms with van der Waals surface area (Å²) in [5.74, 6) is 0. The zero-order valence-electron chi connectivity index (χ0n) is 93.9. The third-order valence-corrected chi connectivity index (χ3v) is 29.4. The third-order valence-electron chi connectivity index (χ3n) is 29.4. The van der Waals surface area contributed by atoms with Gasteiger partial charge in [0, 0.05) is 88.7 Å². The summed E-state index contributed by atoms with van der Waals surface area (Å²) in [7, 11) is 0. The van der Waals surface area contributed by atoms with Crippen LogP contribution in [0.15, 0.2) is 291 Å². The van der Waals surface area contributed by atoms with Crippen LogP contribution in [0.3, 0.4) is 0 Å². The molecule has 18 aromatic rings. The van der Waals surface area contributed by atoms with Gasteiger partial charge >= 0.3 is 0 Å². The van der Waals surface area contributed by atoms with Crippen LogP contribution >= 0.6 is 0 Å². The first-order valence-electron chi connectivity index (χ1n) is 53.2. The topological polar surface area (TPSA) is 21.3 Å². The van der Waals surface area contributed by atoms with Crippen LogP contribution in [-0.4, -0.2) is 20.4 Å². The molecule has 2 aliphatic rings. The predicted molar refractivity (Wildman–Crippen MR) is 592 cm³/mol. The number of benzene rings is 15. The van der Waals surface area contributed by atoms with Gasteiger partial charge < -0.3 is 23.5 Å². The zero-order chi connectivity index (χ0) is 104. The minimum absolute atomic E-state index is 0.00141. The van der Waals surface area contributed by atoms with Crippen molar-refractivity contribution < 1.29 is 11.0 Å². The summed E-state index contributed by atoms with van der Waals surface area (Å²) in [6.07, 6.45) is 0.